The van der Waals surface area contributed by atoms with Crippen molar-refractivity contribution in [3.63, 3.8) is 0 Å². The van der Waals surface area contributed by atoms with E-state index in [2.05, 4.69) is 25.1 Å². The van der Waals surface area contributed by atoms with Gasteiger partial charge in [-0.1, -0.05) is 42.5 Å². The normalized spacial score (nSPS) is 10.1. The molecule has 0 aliphatic carbocycles. The molecule has 80 valence electrons. The zero-order valence-corrected chi connectivity index (χ0v) is 10.7. The fraction of sp³-hybridized carbons (Fsp3) is 0.143. The Morgan fingerprint density at radius 1 is 0.875 bits per heavy atom. The third-order valence-electron chi connectivity index (χ3n) is 3.04. The van der Waals surface area contributed by atoms with Crippen molar-refractivity contribution >= 4 is 14.6 Å². The minimum Gasteiger partial charge on any atom is -0.386 e. The summed E-state index contributed by atoms with van der Waals surface area (Å²) in [7, 11) is -0.838. The van der Waals surface area contributed by atoms with Crippen molar-refractivity contribution < 1.29 is 4.46 Å². The molecule has 0 heterocycles. The second-order valence-corrected chi connectivity index (χ2v) is 4.79. The molecule has 0 N–H and O–H groups in total. The maximum atomic E-state index is 11.0. The van der Waals surface area contributed by atoms with Gasteiger partial charge in [0.1, 0.15) is 0 Å². The smallest absolute Gasteiger partial charge is 0.296 e. The van der Waals surface area contributed by atoms with Gasteiger partial charge in [-0.25, -0.2) is 0 Å². The van der Waals surface area contributed by atoms with Gasteiger partial charge in [0, 0.05) is 0 Å². The van der Waals surface area contributed by atoms with Gasteiger partial charge in [-0.2, -0.15) is 0 Å². The van der Waals surface area contributed by atoms with E-state index in [0.29, 0.717) is 0 Å². The summed E-state index contributed by atoms with van der Waals surface area (Å²) in [6, 6.07) is 14.3. The Morgan fingerprint density at radius 3 is 2.19 bits per heavy atom. The van der Waals surface area contributed by atoms with Crippen LogP contribution in [0.1, 0.15) is 11.1 Å². The number of rotatable bonds is 2. The van der Waals surface area contributed by atoms with Crippen molar-refractivity contribution in [3.05, 3.63) is 53.6 Å². The van der Waals surface area contributed by atoms with Gasteiger partial charge < -0.3 is 4.46 Å². The van der Waals surface area contributed by atoms with Crippen LogP contribution in [0.2, 0.25) is 0 Å². The molecule has 0 radical (unpaired) electrons. The molecule has 16 heavy (non-hydrogen) atoms. The fourth-order valence-corrected chi connectivity index (χ4v) is 2.47. The lowest BCUT2D eigenvalue weighted by atomic mass is 9.97. The molecule has 2 aromatic rings. The Balaban J connectivity index is 2.60. The SMILES string of the molecule is Cc1c([SiH]=O)ccc(-c2ccccc2)c1C. The molecule has 0 unspecified atom stereocenters. The highest BCUT2D eigenvalue weighted by Crippen LogP contribution is 2.23. The first-order valence-electron chi connectivity index (χ1n) is 5.35. The molecule has 0 atom stereocenters. The zero-order chi connectivity index (χ0) is 11.5. The Bertz CT molecular complexity index is 518. The highest BCUT2D eigenvalue weighted by Gasteiger charge is 2.07. The Labute approximate surface area is 98.0 Å². The molecule has 0 aliphatic heterocycles. The molecule has 0 spiro atoms. The number of benzene rings is 2. The van der Waals surface area contributed by atoms with Crippen LogP contribution in [-0.2, 0) is 4.46 Å². The Kier molecular flexibility index (Phi) is 3.11. The van der Waals surface area contributed by atoms with Gasteiger partial charge in [-0.3, -0.25) is 0 Å². The van der Waals surface area contributed by atoms with Gasteiger partial charge in [-0.15, -0.1) is 0 Å². The van der Waals surface area contributed by atoms with Gasteiger partial charge in [-0.05, 0) is 41.3 Å². The summed E-state index contributed by atoms with van der Waals surface area (Å²) < 4.78 is 11.0. The molecule has 0 saturated carbocycles. The molecule has 0 bridgehead atoms. The number of hydrogen-bond donors (Lipinski definition) is 0. The van der Waals surface area contributed by atoms with Crippen LogP contribution in [0.15, 0.2) is 42.5 Å². The topological polar surface area (TPSA) is 17.1 Å². The average Bonchev–Trinajstić information content (AvgIpc) is 2.34. The minimum absolute atomic E-state index is 0.838. The van der Waals surface area contributed by atoms with Gasteiger partial charge in [0.2, 0.25) is 0 Å². The van der Waals surface area contributed by atoms with Crippen LogP contribution in [0.25, 0.3) is 11.1 Å². The highest BCUT2D eigenvalue weighted by atomic mass is 28.2. The lowest BCUT2D eigenvalue weighted by Gasteiger charge is -2.10. The molecule has 0 saturated heterocycles. The highest BCUT2D eigenvalue weighted by molar-refractivity contribution is 6.39. The number of hydrogen-bond acceptors (Lipinski definition) is 1. The molecule has 0 aromatic heterocycles. The van der Waals surface area contributed by atoms with Crippen molar-refractivity contribution in [1.82, 2.24) is 0 Å². The van der Waals surface area contributed by atoms with E-state index in [0.717, 1.165) is 10.8 Å². The van der Waals surface area contributed by atoms with E-state index >= 15 is 0 Å². The summed E-state index contributed by atoms with van der Waals surface area (Å²) in [6.45, 7) is 4.14. The van der Waals surface area contributed by atoms with Crippen LogP contribution in [-0.4, -0.2) is 9.41 Å². The van der Waals surface area contributed by atoms with E-state index < -0.39 is 9.41 Å². The van der Waals surface area contributed by atoms with Gasteiger partial charge in [0.25, 0.3) is 9.41 Å². The monoisotopic (exact) mass is 226 g/mol. The Morgan fingerprint density at radius 2 is 1.56 bits per heavy atom. The van der Waals surface area contributed by atoms with Gasteiger partial charge >= 0.3 is 0 Å². The maximum absolute atomic E-state index is 11.0. The molecule has 2 rings (SSSR count). The van der Waals surface area contributed by atoms with Crippen molar-refractivity contribution in [1.29, 1.82) is 0 Å². The summed E-state index contributed by atoms with van der Waals surface area (Å²) in [5, 5.41) is 0.984. The first kappa shape index (κ1) is 11.0. The largest absolute Gasteiger partial charge is 0.386 e. The Hall–Kier alpha value is -1.54. The predicted octanol–water partition coefficient (Wildman–Crippen LogP) is 2.38. The van der Waals surface area contributed by atoms with Crippen LogP contribution in [0, 0.1) is 13.8 Å². The van der Waals surface area contributed by atoms with E-state index in [-0.39, 0.29) is 0 Å². The molecule has 2 aromatic carbocycles. The van der Waals surface area contributed by atoms with Crippen LogP contribution in [0.5, 0.6) is 0 Å². The quantitative estimate of drug-likeness (QED) is 0.719. The summed E-state index contributed by atoms with van der Waals surface area (Å²) in [4.78, 5) is 0. The van der Waals surface area contributed by atoms with Crippen molar-refractivity contribution in [2.75, 3.05) is 0 Å². The van der Waals surface area contributed by atoms with Crippen molar-refractivity contribution in [3.8, 4) is 11.1 Å². The third kappa shape index (κ3) is 1.88. The van der Waals surface area contributed by atoms with E-state index in [1.807, 2.05) is 31.2 Å². The van der Waals surface area contributed by atoms with Crippen LogP contribution in [0.3, 0.4) is 0 Å². The molecular weight excluding hydrogens is 212 g/mol. The lowest BCUT2D eigenvalue weighted by molar-refractivity contribution is 0.583. The van der Waals surface area contributed by atoms with Crippen LogP contribution in [0.4, 0.5) is 0 Å². The predicted molar refractivity (Wildman–Crippen MR) is 68.8 cm³/mol. The van der Waals surface area contributed by atoms with E-state index in [1.165, 1.54) is 16.7 Å². The third-order valence-corrected chi connectivity index (χ3v) is 3.92. The van der Waals surface area contributed by atoms with E-state index in [9.17, 15) is 4.46 Å². The van der Waals surface area contributed by atoms with Gasteiger partial charge in [0.05, 0.1) is 0 Å². The minimum atomic E-state index is -0.838. The summed E-state index contributed by atoms with van der Waals surface area (Å²) in [5.74, 6) is 0. The van der Waals surface area contributed by atoms with Crippen molar-refractivity contribution in [2.24, 2.45) is 0 Å². The molecule has 0 amide bonds. The van der Waals surface area contributed by atoms with Crippen LogP contribution < -0.4 is 5.19 Å². The van der Waals surface area contributed by atoms with E-state index in [4.69, 9.17) is 0 Å². The molecular formula is C14H14OSi. The summed E-state index contributed by atoms with van der Waals surface area (Å²) in [6.07, 6.45) is 0. The standard InChI is InChI=1S/C14H14OSi/c1-10-11(2)14(16-15)9-8-13(10)12-6-4-3-5-7-12/h3-9,16H,1-2H3. The fourth-order valence-electron chi connectivity index (χ4n) is 1.90. The second-order valence-electron chi connectivity index (χ2n) is 3.94. The summed E-state index contributed by atoms with van der Waals surface area (Å²) in [5.41, 5.74) is 4.84. The molecule has 0 fully saturated rings. The zero-order valence-electron chi connectivity index (χ0n) is 9.53. The van der Waals surface area contributed by atoms with E-state index in [1.54, 1.807) is 0 Å². The van der Waals surface area contributed by atoms with Crippen molar-refractivity contribution in [2.45, 2.75) is 13.8 Å². The average molecular weight is 226 g/mol. The van der Waals surface area contributed by atoms with Crippen LogP contribution >= 0.6 is 0 Å². The first-order chi connectivity index (χ1) is 7.74. The summed E-state index contributed by atoms with van der Waals surface area (Å²) >= 11 is 0. The molecule has 0 aliphatic rings. The first-order valence-corrected chi connectivity index (χ1v) is 6.39. The molecule has 1 nitrogen and oxygen atoms in total. The van der Waals surface area contributed by atoms with Gasteiger partial charge in [0.15, 0.2) is 0 Å². The molecule has 2 heteroatoms. The second kappa shape index (κ2) is 4.54. The maximum Gasteiger partial charge on any atom is 0.296 e. The lowest BCUT2D eigenvalue weighted by Crippen LogP contribution is -2.12.